The van der Waals surface area contributed by atoms with Crippen LogP contribution in [0.1, 0.15) is 25.7 Å². The van der Waals surface area contributed by atoms with Crippen LogP contribution < -0.4 is 5.32 Å². The number of rotatable bonds is 7. The van der Waals surface area contributed by atoms with E-state index in [4.69, 9.17) is 0 Å². The van der Waals surface area contributed by atoms with Crippen LogP contribution in [0.25, 0.3) is 0 Å². The molecule has 8 nitrogen and oxygen atoms in total. The molecule has 0 aliphatic heterocycles. The van der Waals surface area contributed by atoms with Gasteiger partial charge in [0.25, 0.3) is 0 Å². The van der Waals surface area contributed by atoms with Crippen LogP contribution in [0.3, 0.4) is 0 Å². The molecule has 8 heteroatoms. The van der Waals surface area contributed by atoms with Gasteiger partial charge in [-0.25, -0.2) is 4.79 Å². The fourth-order valence-electron chi connectivity index (χ4n) is 2.66. The highest BCUT2D eigenvalue weighted by Gasteiger charge is 2.56. The highest BCUT2D eigenvalue weighted by molar-refractivity contribution is 6.05. The van der Waals surface area contributed by atoms with Gasteiger partial charge in [0.2, 0.25) is 5.91 Å². The second-order valence-electron chi connectivity index (χ2n) is 5.04. The van der Waals surface area contributed by atoms with Crippen molar-refractivity contribution >= 4 is 23.8 Å². The predicted molar refractivity (Wildman–Crippen MR) is 73.8 cm³/mol. The van der Waals surface area contributed by atoms with Gasteiger partial charge in [-0.15, -0.1) is 0 Å². The molecule has 1 aliphatic carbocycles. The Labute approximate surface area is 127 Å². The molecule has 1 saturated carbocycles. The largest absolute Gasteiger partial charge is 0.481 e. The van der Waals surface area contributed by atoms with Gasteiger partial charge in [-0.3, -0.25) is 14.4 Å². The maximum atomic E-state index is 12.3. The number of amides is 1. The molecule has 0 aromatic rings. The van der Waals surface area contributed by atoms with E-state index in [2.05, 4.69) is 16.6 Å². The van der Waals surface area contributed by atoms with Gasteiger partial charge in [0, 0.05) is 6.08 Å². The molecule has 3 N–H and O–H groups in total. The molecule has 2 atom stereocenters. The first-order valence-corrected chi connectivity index (χ1v) is 6.90. The topological polar surface area (TPSA) is 130 Å². The molecule has 1 amide bonds. The minimum Gasteiger partial charge on any atom is -0.481 e. The zero-order valence-corrected chi connectivity index (χ0v) is 12.0. The number of ether oxygens (including phenoxy) is 1. The fraction of sp³-hybridized carbons (Fsp3) is 0.571. The van der Waals surface area contributed by atoms with Crippen LogP contribution in [0.5, 0.6) is 0 Å². The molecule has 1 aliphatic rings. The summed E-state index contributed by atoms with van der Waals surface area (Å²) in [6, 6.07) is 0. The number of carbonyl (C=O) groups is 4. The minimum absolute atomic E-state index is 0.0302. The van der Waals surface area contributed by atoms with Crippen LogP contribution in [0, 0.1) is 11.3 Å². The van der Waals surface area contributed by atoms with E-state index in [9.17, 15) is 29.4 Å². The molecule has 1 fully saturated rings. The Morgan fingerprint density at radius 2 is 1.95 bits per heavy atom. The van der Waals surface area contributed by atoms with Gasteiger partial charge in [0.05, 0.1) is 12.5 Å². The first-order chi connectivity index (χ1) is 10.4. The molecule has 0 bridgehead atoms. The van der Waals surface area contributed by atoms with Gasteiger partial charge >= 0.3 is 17.9 Å². The number of hydrogen-bond acceptors (Lipinski definition) is 5. The summed E-state index contributed by atoms with van der Waals surface area (Å²) in [5.41, 5.74) is -1.98. The number of hydrogen-bond donors (Lipinski definition) is 3. The van der Waals surface area contributed by atoms with Crippen LogP contribution in [-0.4, -0.2) is 47.2 Å². The van der Waals surface area contributed by atoms with Crippen molar-refractivity contribution in [1.29, 1.82) is 0 Å². The van der Waals surface area contributed by atoms with Gasteiger partial charge in [0.15, 0.2) is 5.41 Å². The number of carbonyl (C=O) groups excluding carboxylic acids is 2. The molecule has 2 unspecified atom stereocenters. The van der Waals surface area contributed by atoms with Crippen LogP contribution in [-0.2, 0) is 23.9 Å². The number of nitrogens with one attached hydrogen (secondary N) is 1. The number of aliphatic carboxylic acids is 2. The Bertz CT molecular complexity index is 488. The number of esters is 1. The van der Waals surface area contributed by atoms with E-state index in [0.717, 1.165) is 6.08 Å². The lowest BCUT2D eigenvalue weighted by atomic mass is 9.65. The zero-order chi connectivity index (χ0) is 16.8. The lowest BCUT2D eigenvalue weighted by Crippen LogP contribution is -2.55. The van der Waals surface area contributed by atoms with Crippen LogP contribution in [0.2, 0.25) is 0 Å². The first-order valence-electron chi connectivity index (χ1n) is 6.90. The van der Waals surface area contributed by atoms with Gasteiger partial charge in [-0.1, -0.05) is 19.4 Å². The van der Waals surface area contributed by atoms with Crippen molar-refractivity contribution < 1.29 is 34.1 Å². The van der Waals surface area contributed by atoms with E-state index < -0.39 is 35.1 Å². The van der Waals surface area contributed by atoms with Crippen molar-refractivity contribution in [2.75, 3.05) is 13.2 Å². The summed E-state index contributed by atoms with van der Waals surface area (Å²) in [6.45, 7) is 2.96. The van der Waals surface area contributed by atoms with E-state index >= 15 is 0 Å². The molecular weight excluding hydrogens is 294 g/mol. The Hall–Kier alpha value is -2.38. The Morgan fingerprint density at radius 3 is 2.50 bits per heavy atom. The van der Waals surface area contributed by atoms with Crippen LogP contribution in [0.15, 0.2) is 12.7 Å². The van der Waals surface area contributed by atoms with Crippen molar-refractivity contribution in [2.24, 2.45) is 11.3 Å². The van der Waals surface area contributed by atoms with Crippen molar-refractivity contribution in [3.63, 3.8) is 0 Å². The quantitative estimate of drug-likeness (QED) is 0.264. The normalized spacial score (nSPS) is 24.1. The lowest BCUT2D eigenvalue weighted by molar-refractivity contribution is -0.171. The summed E-state index contributed by atoms with van der Waals surface area (Å²) in [6.07, 6.45) is 2.10. The third-order valence-corrected chi connectivity index (χ3v) is 3.79. The lowest BCUT2D eigenvalue weighted by Gasteiger charge is -2.36. The van der Waals surface area contributed by atoms with Crippen molar-refractivity contribution in [2.45, 2.75) is 25.7 Å². The molecule has 0 radical (unpaired) electrons. The van der Waals surface area contributed by atoms with Gasteiger partial charge < -0.3 is 20.3 Å². The van der Waals surface area contributed by atoms with E-state index in [1.165, 1.54) is 0 Å². The van der Waals surface area contributed by atoms with E-state index in [-0.39, 0.29) is 26.0 Å². The molecule has 22 heavy (non-hydrogen) atoms. The summed E-state index contributed by atoms with van der Waals surface area (Å²) >= 11 is 0. The molecule has 0 saturated heterocycles. The SMILES string of the molecule is C=CC(=O)OCCNC(=O)C1(C(=O)O)CCCCC1C(=O)O. The van der Waals surface area contributed by atoms with Crippen LogP contribution >= 0.6 is 0 Å². The molecule has 0 spiro atoms. The van der Waals surface area contributed by atoms with Gasteiger partial charge in [-0.05, 0) is 12.8 Å². The maximum absolute atomic E-state index is 12.3. The van der Waals surface area contributed by atoms with Crippen LogP contribution in [0.4, 0.5) is 0 Å². The summed E-state index contributed by atoms with van der Waals surface area (Å²) in [5, 5.41) is 21.0. The Morgan fingerprint density at radius 1 is 1.27 bits per heavy atom. The third kappa shape index (κ3) is 3.63. The summed E-state index contributed by atoms with van der Waals surface area (Å²) in [7, 11) is 0. The summed E-state index contributed by atoms with van der Waals surface area (Å²) in [5.74, 6) is -5.53. The maximum Gasteiger partial charge on any atom is 0.330 e. The van der Waals surface area contributed by atoms with E-state index in [0.29, 0.717) is 12.8 Å². The average molecular weight is 313 g/mol. The number of carboxylic acids is 2. The minimum atomic E-state index is -1.98. The second kappa shape index (κ2) is 7.58. The summed E-state index contributed by atoms with van der Waals surface area (Å²) < 4.78 is 4.66. The third-order valence-electron chi connectivity index (χ3n) is 3.79. The second-order valence-corrected chi connectivity index (χ2v) is 5.04. The van der Waals surface area contributed by atoms with E-state index in [1.807, 2.05) is 0 Å². The summed E-state index contributed by atoms with van der Waals surface area (Å²) in [4.78, 5) is 46.0. The zero-order valence-electron chi connectivity index (χ0n) is 12.0. The smallest absolute Gasteiger partial charge is 0.330 e. The Balaban J connectivity index is 2.78. The highest BCUT2D eigenvalue weighted by atomic mass is 16.5. The van der Waals surface area contributed by atoms with Crippen molar-refractivity contribution in [3.8, 4) is 0 Å². The first kappa shape index (κ1) is 17.7. The molecule has 0 heterocycles. The molecule has 1 rings (SSSR count). The molecular formula is C14H19NO7. The monoisotopic (exact) mass is 313 g/mol. The average Bonchev–Trinajstić information content (AvgIpc) is 2.50. The molecule has 0 aromatic carbocycles. The van der Waals surface area contributed by atoms with Gasteiger partial charge in [-0.2, -0.15) is 0 Å². The molecule has 0 aromatic heterocycles. The molecule has 122 valence electrons. The Kier molecular flexibility index (Phi) is 6.09. The van der Waals surface area contributed by atoms with Crippen molar-refractivity contribution in [1.82, 2.24) is 5.32 Å². The predicted octanol–water partition coefficient (Wildman–Crippen LogP) is 0.178. The van der Waals surface area contributed by atoms with E-state index in [1.54, 1.807) is 0 Å². The highest BCUT2D eigenvalue weighted by Crippen LogP contribution is 2.42. The van der Waals surface area contributed by atoms with Gasteiger partial charge in [0.1, 0.15) is 6.61 Å². The number of carboxylic acid groups (broad SMARTS) is 2. The van der Waals surface area contributed by atoms with Crippen molar-refractivity contribution in [3.05, 3.63) is 12.7 Å². The standard InChI is InChI=1S/C14H19NO7/c1-2-10(16)22-8-7-15-12(19)14(13(20)21)6-4-3-5-9(14)11(17)18/h2,9H,1,3-8H2,(H,15,19)(H,17,18)(H,20,21). The fourth-order valence-corrected chi connectivity index (χ4v) is 2.66.